The van der Waals surface area contributed by atoms with Gasteiger partial charge in [0, 0.05) is 18.8 Å². The van der Waals surface area contributed by atoms with Gasteiger partial charge in [0.15, 0.2) is 0 Å². The lowest BCUT2D eigenvalue weighted by Crippen LogP contribution is -2.23. The molecule has 0 saturated carbocycles. The van der Waals surface area contributed by atoms with Crippen molar-refractivity contribution in [2.24, 2.45) is 7.05 Å². The zero-order valence-electron chi connectivity index (χ0n) is 12.7. The zero-order valence-corrected chi connectivity index (χ0v) is 12.7. The van der Waals surface area contributed by atoms with Gasteiger partial charge in [-0.1, -0.05) is 19.1 Å². The topological polar surface area (TPSA) is 39.1 Å². The summed E-state index contributed by atoms with van der Waals surface area (Å²) < 4.78 is 7.20. The lowest BCUT2D eigenvalue weighted by atomic mass is 9.99. The molecule has 4 heteroatoms. The molecule has 2 rings (SSSR count). The van der Waals surface area contributed by atoms with Crippen molar-refractivity contribution in [1.82, 2.24) is 15.1 Å². The van der Waals surface area contributed by atoms with Crippen LogP contribution in [0, 0.1) is 6.92 Å². The Hall–Kier alpha value is -1.81. The summed E-state index contributed by atoms with van der Waals surface area (Å²) >= 11 is 0. The Kier molecular flexibility index (Phi) is 4.79. The van der Waals surface area contributed by atoms with E-state index in [1.54, 1.807) is 7.11 Å². The summed E-state index contributed by atoms with van der Waals surface area (Å²) in [6.07, 6.45) is 3.18. The van der Waals surface area contributed by atoms with Gasteiger partial charge in [-0.2, -0.15) is 5.10 Å². The third kappa shape index (κ3) is 3.20. The van der Waals surface area contributed by atoms with Crippen molar-refractivity contribution in [3.63, 3.8) is 0 Å². The lowest BCUT2D eigenvalue weighted by molar-refractivity contribution is 0.413. The van der Waals surface area contributed by atoms with E-state index in [4.69, 9.17) is 4.74 Å². The maximum atomic E-state index is 5.33. The molecule has 0 aliphatic rings. The molecule has 1 aromatic carbocycles. The summed E-state index contributed by atoms with van der Waals surface area (Å²) in [5.74, 6) is 0.882. The standard InChI is InChI=1S/C16H23N3O/c1-5-9-17-16(15-11-19(3)18-12(15)2)13-7-6-8-14(10-13)20-4/h6-8,10-11,16-17H,5,9H2,1-4H3. The van der Waals surface area contributed by atoms with E-state index in [0.717, 1.165) is 24.4 Å². The monoisotopic (exact) mass is 273 g/mol. The van der Waals surface area contributed by atoms with Crippen molar-refractivity contribution in [3.8, 4) is 5.75 Å². The first-order valence-electron chi connectivity index (χ1n) is 7.03. The Morgan fingerprint density at radius 1 is 1.40 bits per heavy atom. The van der Waals surface area contributed by atoms with E-state index in [9.17, 15) is 0 Å². The number of rotatable bonds is 6. The van der Waals surface area contributed by atoms with Crippen LogP contribution in [0.3, 0.4) is 0 Å². The number of ether oxygens (including phenoxy) is 1. The second-order valence-corrected chi connectivity index (χ2v) is 5.01. The van der Waals surface area contributed by atoms with Crippen molar-refractivity contribution in [1.29, 1.82) is 0 Å². The van der Waals surface area contributed by atoms with Gasteiger partial charge in [-0.05, 0) is 37.6 Å². The first-order valence-corrected chi connectivity index (χ1v) is 7.03. The number of hydrogen-bond acceptors (Lipinski definition) is 3. The highest BCUT2D eigenvalue weighted by molar-refractivity contribution is 5.37. The van der Waals surface area contributed by atoms with Crippen LogP contribution in [0.25, 0.3) is 0 Å². The van der Waals surface area contributed by atoms with E-state index >= 15 is 0 Å². The van der Waals surface area contributed by atoms with Gasteiger partial charge in [0.2, 0.25) is 0 Å². The van der Waals surface area contributed by atoms with Crippen molar-refractivity contribution in [3.05, 3.63) is 47.3 Å². The van der Waals surface area contributed by atoms with E-state index < -0.39 is 0 Å². The Bertz CT molecular complexity index is 563. The minimum atomic E-state index is 0.152. The average molecular weight is 273 g/mol. The van der Waals surface area contributed by atoms with E-state index in [2.05, 4.69) is 42.6 Å². The molecule has 0 bridgehead atoms. The first-order chi connectivity index (χ1) is 9.65. The average Bonchev–Trinajstić information content (AvgIpc) is 2.78. The van der Waals surface area contributed by atoms with Gasteiger partial charge in [0.25, 0.3) is 0 Å². The molecule has 108 valence electrons. The molecular formula is C16H23N3O. The second kappa shape index (κ2) is 6.57. The minimum Gasteiger partial charge on any atom is -0.497 e. The number of nitrogens with zero attached hydrogens (tertiary/aromatic N) is 2. The number of hydrogen-bond donors (Lipinski definition) is 1. The molecule has 4 nitrogen and oxygen atoms in total. The molecule has 1 N–H and O–H groups in total. The van der Waals surface area contributed by atoms with Crippen LogP contribution >= 0.6 is 0 Å². The number of nitrogens with one attached hydrogen (secondary N) is 1. The number of aromatic nitrogens is 2. The Balaban J connectivity index is 2.38. The predicted octanol–water partition coefficient (Wildman–Crippen LogP) is 2.83. The number of benzene rings is 1. The molecule has 20 heavy (non-hydrogen) atoms. The highest BCUT2D eigenvalue weighted by Gasteiger charge is 2.18. The van der Waals surface area contributed by atoms with Crippen LogP contribution in [0.5, 0.6) is 5.75 Å². The first kappa shape index (κ1) is 14.6. The molecule has 0 aliphatic heterocycles. The van der Waals surface area contributed by atoms with Gasteiger partial charge < -0.3 is 10.1 Å². The van der Waals surface area contributed by atoms with E-state index in [1.807, 2.05) is 23.9 Å². The van der Waals surface area contributed by atoms with Gasteiger partial charge in [-0.15, -0.1) is 0 Å². The summed E-state index contributed by atoms with van der Waals surface area (Å²) in [5, 5.41) is 8.05. The number of aryl methyl sites for hydroxylation is 2. The molecule has 1 aromatic heterocycles. The Labute approximate surface area is 120 Å². The fourth-order valence-corrected chi connectivity index (χ4v) is 2.42. The fourth-order valence-electron chi connectivity index (χ4n) is 2.42. The van der Waals surface area contributed by atoms with Crippen molar-refractivity contribution in [2.45, 2.75) is 26.3 Å². The largest absolute Gasteiger partial charge is 0.497 e. The normalized spacial score (nSPS) is 12.4. The molecular weight excluding hydrogens is 250 g/mol. The third-order valence-corrected chi connectivity index (χ3v) is 3.39. The van der Waals surface area contributed by atoms with Crippen molar-refractivity contribution >= 4 is 0 Å². The van der Waals surface area contributed by atoms with Crippen LogP contribution in [-0.4, -0.2) is 23.4 Å². The second-order valence-electron chi connectivity index (χ2n) is 5.01. The van der Waals surface area contributed by atoms with Gasteiger partial charge in [0.05, 0.1) is 18.8 Å². The van der Waals surface area contributed by atoms with Crippen LogP contribution in [0.15, 0.2) is 30.5 Å². The van der Waals surface area contributed by atoms with Crippen LogP contribution in [-0.2, 0) is 7.05 Å². The predicted molar refractivity (Wildman–Crippen MR) is 81.1 cm³/mol. The molecule has 2 aromatic rings. The molecule has 0 saturated heterocycles. The Morgan fingerprint density at radius 3 is 2.80 bits per heavy atom. The maximum absolute atomic E-state index is 5.33. The van der Waals surface area contributed by atoms with Crippen molar-refractivity contribution < 1.29 is 4.74 Å². The molecule has 0 spiro atoms. The quantitative estimate of drug-likeness (QED) is 0.879. The molecule has 1 unspecified atom stereocenters. The van der Waals surface area contributed by atoms with Crippen LogP contribution in [0.2, 0.25) is 0 Å². The highest BCUT2D eigenvalue weighted by atomic mass is 16.5. The van der Waals surface area contributed by atoms with Crippen LogP contribution < -0.4 is 10.1 Å². The minimum absolute atomic E-state index is 0.152. The maximum Gasteiger partial charge on any atom is 0.119 e. The fraction of sp³-hybridized carbons (Fsp3) is 0.438. The Morgan fingerprint density at radius 2 is 2.20 bits per heavy atom. The van der Waals surface area contributed by atoms with Gasteiger partial charge >= 0.3 is 0 Å². The molecule has 0 fully saturated rings. The summed E-state index contributed by atoms with van der Waals surface area (Å²) in [5.41, 5.74) is 3.48. The lowest BCUT2D eigenvalue weighted by Gasteiger charge is -2.19. The van der Waals surface area contributed by atoms with Crippen LogP contribution in [0.4, 0.5) is 0 Å². The molecule has 1 atom stereocenters. The summed E-state index contributed by atoms with van der Waals surface area (Å²) in [6.45, 7) is 5.19. The van der Waals surface area contributed by atoms with Crippen LogP contribution in [0.1, 0.15) is 36.2 Å². The smallest absolute Gasteiger partial charge is 0.119 e. The van der Waals surface area contributed by atoms with E-state index in [0.29, 0.717) is 0 Å². The van der Waals surface area contributed by atoms with Gasteiger partial charge in [-0.25, -0.2) is 0 Å². The molecule has 0 aliphatic carbocycles. The summed E-state index contributed by atoms with van der Waals surface area (Å²) in [7, 11) is 3.65. The molecule has 1 heterocycles. The summed E-state index contributed by atoms with van der Waals surface area (Å²) in [6, 6.07) is 8.36. The zero-order chi connectivity index (χ0) is 14.5. The molecule has 0 amide bonds. The van der Waals surface area contributed by atoms with Crippen molar-refractivity contribution in [2.75, 3.05) is 13.7 Å². The summed E-state index contributed by atoms with van der Waals surface area (Å²) in [4.78, 5) is 0. The SMILES string of the molecule is CCCNC(c1cccc(OC)c1)c1cn(C)nc1C. The molecule has 0 radical (unpaired) electrons. The van der Waals surface area contributed by atoms with E-state index in [-0.39, 0.29) is 6.04 Å². The number of methoxy groups -OCH3 is 1. The highest BCUT2D eigenvalue weighted by Crippen LogP contribution is 2.26. The van der Waals surface area contributed by atoms with Gasteiger partial charge in [0.1, 0.15) is 5.75 Å². The van der Waals surface area contributed by atoms with E-state index in [1.165, 1.54) is 11.1 Å². The third-order valence-electron chi connectivity index (χ3n) is 3.39. The van der Waals surface area contributed by atoms with Gasteiger partial charge in [-0.3, -0.25) is 4.68 Å².